The van der Waals surface area contributed by atoms with Gasteiger partial charge in [-0.15, -0.1) is 0 Å². The van der Waals surface area contributed by atoms with Gasteiger partial charge in [-0.1, -0.05) is 32.0 Å². The van der Waals surface area contributed by atoms with Gasteiger partial charge in [-0.3, -0.25) is 4.98 Å². The third-order valence-corrected chi connectivity index (χ3v) is 3.38. The van der Waals surface area contributed by atoms with Gasteiger partial charge in [0.1, 0.15) is 0 Å². The number of nitrogens with zero attached hydrogens (tertiary/aromatic N) is 1. The zero-order valence-corrected chi connectivity index (χ0v) is 12.6. The molecule has 0 aliphatic carbocycles. The highest BCUT2D eigenvalue weighted by molar-refractivity contribution is 5.82. The number of benzene rings is 1. The lowest BCUT2D eigenvalue weighted by Crippen LogP contribution is -2.26. The molecule has 0 amide bonds. The summed E-state index contributed by atoms with van der Waals surface area (Å²) in [6.07, 6.45) is 1.04. The van der Waals surface area contributed by atoms with E-state index in [0.717, 1.165) is 30.8 Å². The van der Waals surface area contributed by atoms with Crippen LogP contribution >= 0.6 is 0 Å². The highest BCUT2D eigenvalue weighted by Crippen LogP contribution is 2.21. The number of hydrogen-bond donors (Lipinski definition) is 1. The van der Waals surface area contributed by atoms with Gasteiger partial charge in [0, 0.05) is 12.0 Å². The summed E-state index contributed by atoms with van der Waals surface area (Å²) in [7, 11) is 0. The molecule has 1 atom stereocenters. The van der Waals surface area contributed by atoms with E-state index in [1.54, 1.807) is 0 Å². The molecule has 1 aromatic carbocycles. The van der Waals surface area contributed by atoms with Crippen LogP contribution in [-0.4, -0.2) is 24.7 Å². The van der Waals surface area contributed by atoms with Crippen molar-refractivity contribution in [2.75, 3.05) is 19.8 Å². The maximum absolute atomic E-state index is 5.70. The van der Waals surface area contributed by atoms with E-state index in [0.29, 0.717) is 6.61 Å². The summed E-state index contributed by atoms with van der Waals surface area (Å²) in [4.78, 5) is 4.79. The molecule has 0 fully saturated rings. The van der Waals surface area contributed by atoms with Crippen molar-refractivity contribution in [3.05, 3.63) is 41.6 Å². The zero-order chi connectivity index (χ0) is 14.4. The van der Waals surface area contributed by atoms with Gasteiger partial charge in [0.25, 0.3) is 0 Å². The fourth-order valence-electron chi connectivity index (χ4n) is 2.39. The van der Waals surface area contributed by atoms with Gasteiger partial charge >= 0.3 is 0 Å². The van der Waals surface area contributed by atoms with Crippen LogP contribution in [0.2, 0.25) is 0 Å². The molecule has 1 N–H and O–H groups in total. The lowest BCUT2D eigenvalue weighted by Gasteiger charge is -2.18. The lowest BCUT2D eigenvalue weighted by molar-refractivity contribution is 0.111. The molecule has 0 bridgehead atoms. The van der Waals surface area contributed by atoms with E-state index < -0.39 is 0 Å². The van der Waals surface area contributed by atoms with Gasteiger partial charge in [0.05, 0.1) is 23.9 Å². The normalized spacial score (nSPS) is 12.8. The SMILES string of the molecule is CCCOCC(NCC)c1cc(C)c2ccccc2n1. The predicted molar refractivity (Wildman–Crippen MR) is 84.0 cm³/mol. The van der Waals surface area contributed by atoms with Crippen molar-refractivity contribution in [1.29, 1.82) is 0 Å². The van der Waals surface area contributed by atoms with Crippen LogP contribution in [0.3, 0.4) is 0 Å². The van der Waals surface area contributed by atoms with Crippen molar-refractivity contribution in [1.82, 2.24) is 10.3 Å². The van der Waals surface area contributed by atoms with Gasteiger partial charge in [-0.25, -0.2) is 0 Å². The van der Waals surface area contributed by atoms with Crippen LogP contribution < -0.4 is 5.32 Å². The molecular weight excluding hydrogens is 248 g/mol. The summed E-state index contributed by atoms with van der Waals surface area (Å²) in [5, 5.41) is 4.69. The number of hydrogen-bond acceptors (Lipinski definition) is 3. The second-order valence-electron chi connectivity index (χ2n) is 5.07. The van der Waals surface area contributed by atoms with Crippen molar-refractivity contribution in [2.24, 2.45) is 0 Å². The number of likely N-dealkylation sites (N-methyl/N-ethyl adjacent to an activating group) is 1. The molecule has 1 heterocycles. The third kappa shape index (κ3) is 3.56. The van der Waals surface area contributed by atoms with Crippen LogP contribution in [0, 0.1) is 6.92 Å². The molecule has 0 saturated carbocycles. The van der Waals surface area contributed by atoms with Gasteiger partial charge < -0.3 is 10.1 Å². The maximum atomic E-state index is 5.70. The van der Waals surface area contributed by atoms with Crippen molar-refractivity contribution < 1.29 is 4.74 Å². The Hall–Kier alpha value is -1.45. The Balaban J connectivity index is 2.27. The van der Waals surface area contributed by atoms with Gasteiger partial charge in [-0.2, -0.15) is 0 Å². The Kier molecular flexibility index (Phi) is 5.50. The van der Waals surface area contributed by atoms with E-state index in [-0.39, 0.29) is 6.04 Å². The average Bonchev–Trinajstić information content (AvgIpc) is 2.46. The molecule has 3 heteroatoms. The Morgan fingerprint density at radius 1 is 1.25 bits per heavy atom. The molecule has 108 valence electrons. The molecule has 2 rings (SSSR count). The minimum absolute atomic E-state index is 0.162. The monoisotopic (exact) mass is 272 g/mol. The molecule has 0 aliphatic heterocycles. The molecule has 3 nitrogen and oxygen atoms in total. The Bertz CT molecular complexity index is 554. The number of pyridine rings is 1. The standard InChI is InChI=1S/C17H24N2O/c1-4-10-20-12-17(18-5-2)16-11-13(3)14-8-6-7-9-15(14)19-16/h6-9,11,17-18H,4-5,10,12H2,1-3H3. The fourth-order valence-corrected chi connectivity index (χ4v) is 2.39. The molecule has 1 aromatic heterocycles. The zero-order valence-electron chi connectivity index (χ0n) is 12.6. The maximum Gasteiger partial charge on any atom is 0.0733 e. The highest BCUT2D eigenvalue weighted by atomic mass is 16.5. The second kappa shape index (κ2) is 7.36. The summed E-state index contributed by atoms with van der Waals surface area (Å²) in [5.74, 6) is 0. The van der Waals surface area contributed by atoms with Gasteiger partial charge in [-0.05, 0) is 37.6 Å². The first-order valence-electron chi connectivity index (χ1n) is 7.43. The van der Waals surface area contributed by atoms with E-state index >= 15 is 0 Å². The average molecular weight is 272 g/mol. The lowest BCUT2D eigenvalue weighted by atomic mass is 10.1. The number of nitrogens with one attached hydrogen (secondary N) is 1. The Morgan fingerprint density at radius 2 is 2.05 bits per heavy atom. The van der Waals surface area contributed by atoms with Crippen molar-refractivity contribution >= 4 is 10.9 Å². The number of rotatable bonds is 7. The summed E-state index contributed by atoms with van der Waals surface area (Å²) >= 11 is 0. The summed E-state index contributed by atoms with van der Waals surface area (Å²) in [6.45, 7) is 8.76. The predicted octanol–water partition coefficient (Wildman–Crippen LogP) is 3.62. The Labute approximate surface area is 121 Å². The topological polar surface area (TPSA) is 34.1 Å². The van der Waals surface area contributed by atoms with Crippen LogP contribution in [0.5, 0.6) is 0 Å². The van der Waals surface area contributed by atoms with E-state index in [9.17, 15) is 0 Å². The van der Waals surface area contributed by atoms with Crippen LogP contribution in [0.1, 0.15) is 37.6 Å². The fraction of sp³-hybridized carbons (Fsp3) is 0.471. The Morgan fingerprint density at radius 3 is 2.80 bits per heavy atom. The minimum atomic E-state index is 0.162. The number of ether oxygens (including phenoxy) is 1. The summed E-state index contributed by atoms with van der Waals surface area (Å²) in [6, 6.07) is 10.6. The van der Waals surface area contributed by atoms with Crippen LogP contribution in [0.25, 0.3) is 10.9 Å². The van der Waals surface area contributed by atoms with Crippen molar-refractivity contribution in [3.8, 4) is 0 Å². The first-order valence-corrected chi connectivity index (χ1v) is 7.43. The van der Waals surface area contributed by atoms with Crippen molar-refractivity contribution in [3.63, 3.8) is 0 Å². The molecule has 0 radical (unpaired) electrons. The van der Waals surface area contributed by atoms with Crippen molar-refractivity contribution in [2.45, 2.75) is 33.2 Å². The molecule has 1 unspecified atom stereocenters. The quantitative estimate of drug-likeness (QED) is 0.782. The minimum Gasteiger partial charge on any atom is -0.379 e. The first kappa shape index (κ1) is 14.9. The number of para-hydroxylation sites is 1. The number of aromatic nitrogens is 1. The molecule has 0 saturated heterocycles. The number of fused-ring (bicyclic) bond motifs is 1. The molecule has 2 aromatic rings. The largest absolute Gasteiger partial charge is 0.379 e. The van der Waals surface area contributed by atoms with Gasteiger partial charge in [0.15, 0.2) is 0 Å². The number of aryl methyl sites for hydroxylation is 1. The second-order valence-corrected chi connectivity index (χ2v) is 5.07. The third-order valence-electron chi connectivity index (χ3n) is 3.38. The molecule has 0 spiro atoms. The van der Waals surface area contributed by atoms with Gasteiger partial charge in [0.2, 0.25) is 0 Å². The van der Waals surface area contributed by atoms with E-state index in [2.05, 4.69) is 50.4 Å². The van der Waals surface area contributed by atoms with Crippen LogP contribution in [0.4, 0.5) is 0 Å². The highest BCUT2D eigenvalue weighted by Gasteiger charge is 2.13. The van der Waals surface area contributed by atoms with E-state index in [1.807, 2.05) is 6.07 Å². The van der Waals surface area contributed by atoms with E-state index in [4.69, 9.17) is 9.72 Å². The first-order chi connectivity index (χ1) is 9.76. The molecular formula is C17H24N2O. The van der Waals surface area contributed by atoms with E-state index in [1.165, 1.54) is 10.9 Å². The smallest absolute Gasteiger partial charge is 0.0733 e. The van der Waals surface area contributed by atoms with Crippen LogP contribution in [0.15, 0.2) is 30.3 Å². The molecule has 0 aliphatic rings. The van der Waals surface area contributed by atoms with Crippen LogP contribution in [-0.2, 0) is 4.74 Å². The molecule has 20 heavy (non-hydrogen) atoms. The summed E-state index contributed by atoms with van der Waals surface area (Å²) < 4.78 is 5.70. The summed E-state index contributed by atoms with van der Waals surface area (Å²) in [5.41, 5.74) is 3.39.